The van der Waals surface area contributed by atoms with E-state index < -0.39 is 11.8 Å². The fourth-order valence-corrected chi connectivity index (χ4v) is 2.86. The molecular weight excluding hydrogens is 276 g/mol. The molecule has 1 fully saturated rings. The molecule has 1 aromatic carbocycles. The third-order valence-corrected chi connectivity index (χ3v) is 4.17. The van der Waals surface area contributed by atoms with Gasteiger partial charge >= 0.3 is 0 Å². The highest BCUT2D eigenvalue weighted by molar-refractivity contribution is 6.04. The molecule has 1 amide bonds. The summed E-state index contributed by atoms with van der Waals surface area (Å²) in [5.41, 5.74) is 1.04. The Kier molecular flexibility index (Phi) is 6.14. The summed E-state index contributed by atoms with van der Waals surface area (Å²) >= 11 is 0. The number of amides is 1. The van der Waals surface area contributed by atoms with Gasteiger partial charge in [-0.1, -0.05) is 49.6 Å². The van der Waals surface area contributed by atoms with Gasteiger partial charge in [0, 0.05) is 12.5 Å². The van der Waals surface area contributed by atoms with Crippen LogP contribution in [0.1, 0.15) is 44.1 Å². The van der Waals surface area contributed by atoms with Gasteiger partial charge in [0.1, 0.15) is 0 Å². The highest BCUT2D eigenvalue weighted by Crippen LogP contribution is 2.18. The van der Waals surface area contributed by atoms with E-state index in [1.807, 2.05) is 36.4 Å². The summed E-state index contributed by atoms with van der Waals surface area (Å²) in [6.45, 7) is 0. The summed E-state index contributed by atoms with van der Waals surface area (Å²) in [4.78, 5) is 24.3. The van der Waals surface area contributed by atoms with Crippen LogP contribution in [0.5, 0.6) is 0 Å². The smallest absolute Gasteiger partial charge is 0.245 e. The zero-order valence-corrected chi connectivity index (χ0v) is 12.8. The summed E-state index contributed by atoms with van der Waals surface area (Å²) in [6.07, 6.45) is 6.08. The van der Waals surface area contributed by atoms with Gasteiger partial charge in [0.05, 0.1) is 6.07 Å². The van der Waals surface area contributed by atoms with Gasteiger partial charge in [-0.25, -0.2) is 0 Å². The van der Waals surface area contributed by atoms with Crippen molar-refractivity contribution >= 4 is 11.7 Å². The largest absolute Gasteiger partial charge is 0.352 e. The molecule has 0 radical (unpaired) electrons. The van der Waals surface area contributed by atoms with Gasteiger partial charge in [-0.05, 0) is 24.8 Å². The van der Waals surface area contributed by atoms with Crippen LogP contribution in [-0.2, 0) is 16.0 Å². The zero-order valence-electron chi connectivity index (χ0n) is 12.8. The van der Waals surface area contributed by atoms with Gasteiger partial charge in [0.25, 0.3) is 0 Å². The van der Waals surface area contributed by atoms with E-state index in [1.165, 1.54) is 6.42 Å². The molecule has 0 unspecified atom stereocenters. The molecule has 1 atom stereocenters. The number of aryl methyl sites for hydroxylation is 1. The lowest BCUT2D eigenvalue weighted by Gasteiger charge is -2.23. The minimum atomic E-state index is -1.18. The van der Waals surface area contributed by atoms with Crippen molar-refractivity contribution in [2.24, 2.45) is 5.92 Å². The molecule has 1 N–H and O–H groups in total. The number of carbonyl (C=O) groups is 2. The molecule has 0 spiro atoms. The molecular formula is C18H22N2O2. The summed E-state index contributed by atoms with van der Waals surface area (Å²) in [7, 11) is 0. The highest BCUT2D eigenvalue weighted by Gasteiger charge is 2.28. The number of carbonyl (C=O) groups excluding carboxylic acids is 2. The molecule has 1 aliphatic carbocycles. The molecule has 1 aromatic rings. The van der Waals surface area contributed by atoms with Crippen molar-refractivity contribution in [3.05, 3.63) is 35.9 Å². The van der Waals surface area contributed by atoms with Gasteiger partial charge in [-0.2, -0.15) is 5.26 Å². The van der Waals surface area contributed by atoms with E-state index >= 15 is 0 Å². The van der Waals surface area contributed by atoms with E-state index in [0.29, 0.717) is 6.42 Å². The second kappa shape index (κ2) is 8.33. The average molecular weight is 298 g/mol. The van der Waals surface area contributed by atoms with Crippen molar-refractivity contribution in [3.8, 4) is 6.07 Å². The topological polar surface area (TPSA) is 70.0 Å². The molecule has 0 heterocycles. The lowest BCUT2D eigenvalue weighted by Crippen LogP contribution is -2.42. The Labute approximate surface area is 131 Å². The molecule has 2 rings (SSSR count). The predicted octanol–water partition coefficient (Wildman–Crippen LogP) is 2.78. The fourth-order valence-electron chi connectivity index (χ4n) is 2.86. The van der Waals surface area contributed by atoms with Crippen LogP contribution in [0.2, 0.25) is 0 Å². The molecule has 4 nitrogen and oxygen atoms in total. The van der Waals surface area contributed by atoms with Crippen LogP contribution >= 0.6 is 0 Å². The fraction of sp³-hybridized carbons (Fsp3) is 0.500. The third kappa shape index (κ3) is 4.70. The Morgan fingerprint density at radius 3 is 2.50 bits per heavy atom. The van der Waals surface area contributed by atoms with E-state index in [-0.39, 0.29) is 18.2 Å². The maximum Gasteiger partial charge on any atom is 0.245 e. The van der Waals surface area contributed by atoms with Gasteiger partial charge in [0.15, 0.2) is 11.7 Å². The van der Waals surface area contributed by atoms with E-state index in [4.69, 9.17) is 5.26 Å². The van der Waals surface area contributed by atoms with Crippen molar-refractivity contribution in [2.75, 3.05) is 0 Å². The molecule has 1 saturated carbocycles. The SMILES string of the molecule is N#C[C@H](C(=O)CCc1ccccc1)C(=O)NC1CCCCC1. The van der Waals surface area contributed by atoms with Crippen molar-refractivity contribution in [3.63, 3.8) is 0 Å². The van der Waals surface area contributed by atoms with E-state index in [0.717, 1.165) is 31.2 Å². The van der Waals surface area contributed by atoms with Crippen LogP contribution < -0.4 is 5.32 Å². The summed E-state index contributed by atoms with van der Waals surface area (Å²) in [6, 6.07) is 11.6. The van der Waals surface area contributed by atoms with Crippen molar-refractivity contribution in [1.29, 1.82) is 5.26 Å². The molecule has 0 aliphatic heterocycles. The predicted molar refractivity (Wildman–Crippen MR) is 83.9 cm³/mol. The Hall–Kier alpha value is -2.15. The zero-order chi connectivity index (χ0) is 15.8. The Bertz CT molecular complexity index is 542. The average Bonchev–Trinajstić information content (AvgIpc) is 2.55. The van der Waals surface area contributed by atoms with Crippen LogP contribution in [-0.4, -0.2) is 17.7 Å². The van der Waals surface area contributed by atoms with E-state index in [1.54, 1.807) is 0 Å². The number of nitriles is 1. The van der Waals surface area contributed by atoms with Crippen LogP contribution in [0.25, 0.3) is 0 Å². The molecule has 116 valence electrons. The number of rotatable bonds is 6. The minimum absolute atomic E-state index is 0.124. The Balaban J connectivity index is 1.85. The summed E-state index contributed by atoms with van der Waals surface area (Å²) < 4.78 is 0. The first-order valence-electron chi connectivity index (χ1n) is 7.97. The number of ketones is 1. The van der Waals surface area contributed by atoms with Gasteiger partial charge < -0.3 is 5.32 Å². The number of hydrogen-bond acceptors (Lipinski definition) is 3. The van der Waals surface area contributed by atoms with Crippen LogP contribution in [0.15, 0.2) is 30.3 Å². The number of nitrogens with zero attached hydrogens (tertiary/aromatic N) is 1. The first kappa shape index (κ1) is 16.2. The highest BCUT2D eigenvalue weighted by atomic mass is 16.2. The monoisotopic (exact) mass is 298 g/mol. The molecule has 4 heteroatoms. The lowest BCUT2D eigenvalue weighted by atomic mass is 9.93. The quantitative estimate of drug-likeness (QED) is 0.821. The maximum absolute atomic E-state index is 12.1. The first-order valence-corrected chi connectivity index (χ1v) is 7.97. The molecule has 1 aliphatic rings. The number of benzene rings is 1. The van der Waals surface area contributed by atoms with Crippen LogP contribution in [0.3, 0.4) is 0 Å². The Morgan fingerprint density at radius 2 is 1.86 bits per heavy atom. The number of hydrogen-bond donors (Lipinski definition) is 1. The number of Topliss-reactive ketones (excluding diaryl/α,β-unsaturated/α-hetero) is 1. The molecule has 0 bridgehead atoms. The van der Waals surface area contributed by atoms with Crippen LogP contribution in [0, 0.1) is 17.2 Å². The molecule has 22 heavy (non-hydrogen) atoms. The third-order valence-electron chi connectivity index (χ3n) is 4.17. The molecule has 0 saturated heterocycles. The standard InChI is InChI=1S/C18H22N2O2/c19-13-16(18(22)20-15-9-5-2-6-10-15)17(21)12-11-14-7-3-1-4-8-14/h1,3-4,7-8,15-16H,2,5-6,9-12H2,(H,20,22)/t16-/m1/s1. The van der Waals surface area contributed by atoms with Crippen molar-refractivity contribution in [2.45, 2.75) is 51.0 Å². The second-order valence-corrected chi connectivity index (χ2v) is 5.86. The summed E-state index contributed by atoms with van der Waals surface area (Å²) in [5, 5.41) is 12.0. The van der Waals surface area contributed by atoms with Crippen LogP contribution in [0.4, 0.5) is 0 Å². The normalized spacial score (nSPS) is 16.5. The minimum Gasteiger partial charge on any atom is -0.352 e. The van der Waals surface area contributed by atoms with Gasteiger partial charge in [-0.3, -0.25) is 9.59 Å². The van der Waals surface area contributed by atoms with Gasteiger partial charge in [-0.15, -0.1) is 0 Å². The van der Waals surface area contributed by atoms with Gasteiger partial charge in [0.2, 0.25) is 5.91 Å². The second-order valence-electron chi connectivity index (χ2n) is 5.86. The van der Waals surface area contributed by atoms with Crippen molar-refractivity contribution < 1.29 is 9.59 Å². The summed E-state index contributed by atoms with van der Waals surface area (Å²) in [5.74, 6) is -1.89. The first-order chi connectivity index (χ1) is 10.7. The Morgan fingerprint density at radius 1 is 1.18 bits per heavy atom. The molecule has 0 aromatic heterocycles. The van der Waals surface area contributed by atoms with E-state index in [9.17, 15) is 9.59 Å². The lowest BCUT2D eigenvalue weighted by molar-refractivity contribution is -0.132. The van der Waals surface area contributed by atoms with Crippen molar-refractivity contribution in [1.82, 2.24) is 5.32 Å². The number of nitrogens with one attached hydrogen (secondary N) is 1. The van der Waals surface area contributed by atoms with E-state index in [2.05, 4.69) is 5.32 Å². The maximum atomic E-state index is 12.1.